The number of unbranched alkanes of at least 4 members (excludes halogenated alkanes) is 8. The van der Waals surface area contributed by atoms with Gasteiger partial charge in [0, 0.05) is 6.42 Å². The van der Waals surface area contributed by atoms with Crippen LogP contribution in [0.1, 0.15) is 97.3 Å². The number of carboxylic acid groups (broad SMARTS) is 1. The van der Waals surface area contributed by atoms with Crippen LogP contribution in [0.15, 0.2) is 0 Å². The zero-order valence-corrected chi connectivity index (χ0v) is 13.1. The van der Waals surface area contributed by atoms with Crippen molar-refractivity contribution < 1.29 is 9.90 Å². The third-order valence-electron chi connectivity index (χ3n) is 4.06. The third-order valence-corrected chi connectivity index (χ3v) is 4.06. The molecule has 0 heterocycles. The second-order valence-corrected chi connectivity index (χ2v) is 5.82. The van der Waals surface area contributed by atoms with Crippen molar-refractivity contribution >= 4 is 5.97 Å². The van der Waals surface area contributed by atoms with E-state index < -0.39 is 5.97 Å². The smallest absolute Gasteiger partial charge is 0.303 e. The maximum absolute atomic E-state index is 10.5. The van der Waals surface area contributed by atoms with Gasteiger partial charge in [0.25, 0.3) is 0 Å². The van der Waals surface area contributed by atoms with E-state index in [1.165, 1.54) is 64.2 Å². The van der Waals surface area contributed by atoms with E-state index in [0.29, 0.717) is 12.3 Å². The quantitative estimate of drug-likeness (QED) is 0.405. The highest BCUT2D eigenvalue weighted by Crippen LogP contribution is 2.20. The molecule has 1 N–H and O–H groups in total. The molecule has 19 heavy (non-hydrogen) atoms. The minimum Gasteiger partial charge on any atom is -0.481 e. The molecule has 0 amide bonds. The maximum atomic E-state index is 10.5. The Bertz CT molecular complexity index is 201. The van der Waals surface area contributed by atoms with Gasteiger partial charge in [-0.05, 0) is 12.3 Å². The van der Waals surface area contributed by atoms with Gasteiger partial charge in [-0.15, -0.1) is 0 Å². The summed E-state index contributed by atoms with van der Waals surface area (Å²) in [5.74, 6) is -0.0221. The number of carbonyl (C=O) groups is 1. The molecule has 0 saturated carbocycles. The first-order valence-electron chi connectivity index (χ1n) is 8.42. The average molecular weight is 270 g/mol. The van der Waals surface area contributed by atoms with Crippen LogP contribution in [0.2, 0.25) is 0 Å². The van der Waals surface area contributed by atoms with Crippen LogP contribution in [0, 0.1) is 5.92 Å². The molecule has 0 saturated heterocycles. The molecule has 2 heteroatoms. The largest absolute Gasteiger partial charge is 0.481 e. The Balaban J connectivity index is 3.28. The summed E-state index contributed by atoms with van der Waals surface area (Å²) in [5, 5.41) is 8.69. The molecule has 0 rings (SSSR count). The lowest BCUT2D eigenvalue weighted by atomic mass is 9.93. The summed E-state index contributed by atoms with van der Waals surface area (Å²) in [7, 11) is 0. The monoisotopic (exact) mass is 270 g/mol. The first-order valence-corrected chi connectivity index (χ1v) is 8.42. The van der Waals surface area contributed by atoms with Gasteiger partial charge in [-0.25, -0.2) is 0 Å². The predicted molar refractivity (Wildman–Crippen MR) is 82.5 cm³/mol. The van der Waals surface area contributed by atoms with Crippen molar-refractivity contribution in [3.63, 3.8) is 0 Å². The van der Waals surface area contributed by atoms with Crippen molar-refractivity contribution in [2.75, 3.05) is 0 Å². The highest BCUT2D eigenvalue weighted by molar-refractivity contribution is 5.66. The van der Waals surface area contributed by atoms with Gasteiger partial charge in [0.1, 0.15) is 0 Å². The van der Waals surface area contributed by atoms with Crippen LogP contribution in [0.3, 0.4) is 0 Å². The van der Waals surface area contributed by atoms with Crippen LogP contribution < -0.4 is 0 Å². The molecule has 0 aromatic rings. The van der Waals surface area contributed by atoms with E-state index in [1.807, 2.05) is 0 Å². The Labute approximate surface area is 120 Å². The Hall–Kier alpha value is -0.530. The van der Waals surface area contributed by atoms with Crippen LogP contribution in [0.5, 0.6) is 0 Å². The minimum absolute atomic E-state index is 0.343. The van der Waals surface area contributed by atoms with Gasteiger partial charge in [-0.3, -0.25) is 4.79 Å². The molecule has 0 radical (unpaired) electrons. The van der Waals surface area contributed by atoms with Gasteiger partial charge in [-0.2, -0.15) is 0 Å². The SMILES string of the molecule is CCCCCCCCCCCC(CC)CCC(=O)O. The molecule has 114 valence electrons. The fourth-order valence-corrected chi connectivity index (χ4v) is 2.62. The minimum atomic E-state index is -0.648. The van der Waals surface area contributed by atoms with Crippen molar-refractivity contribution in [2.24, 2.45) is 5.92 Å². The molecular weight excluding hydrogens is 236 g/mol. The third kappa shape index (κ3) is 13.7. The Morgan fingerprint density at radius 3 is 1.84 bits per heavy atom. The number of aliphatic carboxylic acids is 1. The lowest BCUT2D eigenvalue weighted by molar-refractivity contribution is -0.137. The van der Waals surface area contributed by atoms with E-state index in [0.717, 1.165) is 12.8 Å². The van der Waals surface area contributed by atoms with Gasteiger partial charge >= 0.3 is 5.97 Å². The predicted octanol–water partition coefficient (Wildman–Crippen LogP) is 5.80. The second-order valence-electron chi connectivity index (χ2n) is 5.82. The molecule has 0 fully saturated rings. The lowest BCUT2D eigenvalue weighted by Gasteiger charge is -2.13. The van der Waals surface area contributed by atoms with Crippen LogP contribution in [-0.2, 0) is 4.79 Å². The second kappa shape index (κ2) is 13.9. The van der Waals surface area contributed by atoms with Crippen molar-refractivity contribution in [3.8, 4) is 0 Å². The normalized spacial score (nSPS) is 12.5. The first kappa shape index (κ1) is 18.5. The summed E-state index contributed by atoms with van der Waals surface area (Å²) in [4.78, 5) is 10.5. The van der Waals surface area contributed by atoms with Gasteiger partial charge in [0.05, 0.1) is 0 Å². The van der Waals surface area contributed by atoms with Crippen LogP contribution in [-0.4, -0.2) is 11.1 Å². The molecule has 0 spiro atoms. The summed E-state index contributed by atoms with van der Waals surface area (Å²) >= 11 is 0. The highest BCUT2D eigenvalue weighted by atomic mass is 16.4. The molecule has 2 nitrogen and oxygen atoms in total. The van der Waals surface area contributed by atoms with Crippen LogP contribution >= 0.6 is 0 Å². The van der Waals surface area contributed by atoms with Crippen molar-refractivity contribution in [1.82, 2.24) is 0 Å². The maximum Gasteiger partial charge on any atom is 0.303 e. The molecule has 0 aromatic carbocycles. The lowest BCUT2D eigenvalue weighted by Crippen LogP contribution is -2.03. The molecule has 1 unspecified atom stereocenters. The van der Waals surface area contributed by atoms with E-state index in [-0.39, 0.29) is 0 Å². The Morgan fingerprint density at radius 1 is 0.842 bits per heavy atom. The van der Waals surface area contributed by atoms with E-state index in [2.05, 4.69) is 13.8 Å². The van der Waals surface area contributed by atoms with Crippen LogP contribution in [0.4, 0.5) is 0 Å². The van der Waals surface area contributed by atoms with Gasteiger partial charge < -0.3 is 5.11 Å². The van der Waals surface area contributed by atoms with E-state index in [1.54, 1.807) is 0 Å². The highest BCUT2D eigenvalue weighted by Gasteiger charge is 2.08. The van der Waals surface area contributed by atoms with Gasteiger partial charge in [-0.1, -0.05) is 84.5 Å². The summed E-state index contributed by atoms with van der Waals surface area (Å²) < 4.78 is 0. The Morgan fingerprint density at radius 2 is 1.37 bits per heavy atom. The fraction of sp³-hybridized carbons (Fsp3) is 0.941. The van der Waals surface area contributed by atoms with Crippen molar-refractivity contribution in [2.45, 2.75) is 97.3 Å². The molecule has 0 aliphatic rings. The number of hydrogen-bond donors (Lipinski definition) is 1. The zero-order chi connectivity index (χ0) is 14.3. The fourth-order valence-electron chi connectivity index (χ4n) is 2.62. The summed E-state index contributed by atoms with van der Waals surface area (Å²) in [5.41, 5.74) is 0. The molecule has 0 aliphatic heterocycles. The summed E-state index contributed by atoms with van der Waals surface area (Å²) in [6.07, 6.45) is 15.9. The van der Waals surface area contributed by atoms with Crippen molar-refractivity contribution in [1.29, 1.82) is 0 Å². The first-order chi connectivity index (χ1) is 9.20. The topological polar surface area (TPSA) is 37.3 Å². The molecule has 0 aromatic heterocycles. The van der Waals surface area contributed by atoms with Gasteiger partial charge in [0.2, 0.25) is 0 Å². The standard InChI is InChI=1S/C17H34O2/c1-3-5-6-7-8-9-10-11-12-13-16(4-2)14-15-17(18)19/h16H,3-15H2,1-2H3,(H,18,19). The number of carboxylic acids is 1. The number of rotatable bonds is 14. The van der Waals surface area contributed by atoms with Crippen molar-refractivity contribution in [3.05, 3.63) is 0 Å². The van der Waals surface area contributed by atoms with E-state index in [9.17, 15) is 4.79 Å². The summed E-state index contributed by atoms with van der Waals surface area (Å²) in [6, 6.07) is 0. The number of hydrogen-bond acceptors (Lipinski definition) is 1. The molecule has 0 aliphatic carbocycles. The van der Waals surface area contributed by atoms with E-state index in [4.69, 9.17) is 5.11 Å². The Kier molecular flexibility index (Phi) is 13.5. The molecule has 1 atom stereocenters. The van der Waals surface area contributed by atoms with E-state index >= 15 is 0 Å². The van der Waals surface area contributed by atoms with Crippen LogP contribution in [0.25, 0.3) is 0 Å². The summed E-state index contributed by atoms with van der Waals surface area (Å²) in [6.45, 7) is 4.44. The molecule has 0 bridgehead atoms. The average Bonchev–Trinajstić information content (AvgIpc) is 2.40. The molecular formula is C17H34O2. The van der Waals surface area contributed by atoms with Gasteiger partial charge in [0.15, 0.2) is 0 Å². The zero-order valence-electron chi connectivity index (χ0n) is 13.1.